The number of ether oxygens (including phenoxy) is 1. The van der Waals surface area contributed by atoms with Crippen LogP contribution in [0, 0.1) is 11.7 Å². The fourth-order valence-corrected chi connectivity index (χ4v) is 3.31. The third kappa shape index (κ3) is 7.66. The first kappa shape index (κ1) is 25.4. The molecule has 6 heteroatoms. The van der Waals surface area contributed by atoms with Gasteiger partial charge < -0.3 is 15.0 Å². The second-order valence-electron chi connectivity index (χ2n) is 8.72. The quantitative estimate of drug-likeness (QED) is 0.538. The Morgan fingerprint density at radius 3 is 2.16 bits per heavy atom. The number of hydrogen-bond donors (Lipinski definition) is 1. The van der Waals surface area contributed by atoms with Crippen LogP contribution in [-0.2, 0) is 16.1 Å². The number of halogens is 1. The molecule has 0 aliphatic heterocycles. The van der Waals surface area contributed by atoms with E-state index in [-0.39, 0.29) is 30.8 Å². The van der Waals surface area contributed by atoms with Gasteiger partial charge in [0.25, 0.3) is 5.91 Å². The Bertz CT molecular complexity index is 864. The minimum absolute atomic E-state index is 0.184. The molecule has 2 rings (SSSR count). The molecule has 32 heavy (non-hydrogen) atoms. The van der Waals surface area contributed by atoms with Gasteiger partial charge >= 0.3 is 0 Å². The van der Waals surface area contributed by atoms with Crippen LogP contribution in [0.2, 0.25) is 0 Å². The summed E-state index contributed by atoms with van der Waals surface area (Å²) < 4.78 is 19.1. The molecule has 0 aromatic heterocycles. The highest BCUT2D eigenvalue weighted by molar-refractivity contribution is 5.88. The number of hydrogen-bond acceptors (Lipinski definition) is 3. The molecule has 0 fully saturated rings. The van der Waals surface area contributed by atoms with Crippen molar-refractivity contribution in [2.45, 2.75) is 59.5 Å². The maximum atomic E-state index is 13.3. The van der Waals surface area contributed by atoms with Gasteiger partial charge in [0, 0.05) is 13.1 Å². The molecule has 0 bridgehead atoms. The number of nitrogens with one attached hydrogen (secondary N) is 1. The molecule has 1 atom stereocenters. The van der Waals surface area contributed by atoms with Crippen molar-refractivity contribution in [3.8, 4) is 5.75 Å². The van der Waals surface area contributed by atoms with E-state index in [9.17, 15) is 14.0 Å². The van der Waals surface area contributed by atoms with Crippen LogP contribution < -0.4 is 10.1 Å². The monoisotopic (exact) mass is 442 g/mol. The summed E-state index contributed by atoms with van der Waals surface area (Å²) in [5.74, 6) is 0.469. The van der Waals surface area contributed by atoms with Gasteiger partial charge in [-0.25, -0.2) is 4.39 Å². The molecule has 174 valence electrons. The number of carbonyl (C=O) groups excluding carboxylic acids is 2. The lowest BCUT2D eigenvalue weighted by Gasteiger charge is -2.30. The molecule has 2 aromatic rings. The Morgan fingerprint density at radius 1 is 1.00 bits per heavy atom. The maximum Gasteiger partial charge on any atom is 0.261 e. The van der Waals surface area contributed by atoms with Crippen molar-refractivity contribution in [3.05, 3.63) is 65.5 Å². The van der Waals surface area contributed by atoms with Crippen molar-refractivity contribution in [3.63, 3.8) is 0 Å². The van der Waals surface area contributed by atoms with Crippen molar-refractivity contribution >= 4 is 11.8 Å². The van der Waals surface area contributed by atoms with Gasteiger partial charge in [0.2, 0.25) is 5.91 Å². The molecule has 0 aliphatic carbocycles. The minimum atomic E-state index is -0.641. The smallest absolute Gasteiger partial charge is 0.261 e. The molecule has 0 aliphatic rings. The lowest BCUT2D eigenvalue weighted by Crippen LogP contribution is -2.50. The summed E-state index contributed by atoms with van der Waals surface area (Å²) in [6.07, 6.45) is 0.458. The summed E-state index contributed by atoms with van der Waals surface area (Å²) in [5.41, 5.74) is 1.94. The summed E-state index contributed by atoms with van der Waals surface area (Å²) in [5, 5.41) is 2.92. The van der Waals surface area contributed by atoms with Crippen LogP contribution in [0.3, 0.4) is 0 Å². The van der Waals surface area contributed by atoms with Crippen molar-refractivity contribution in [2.75, 3.05) is 13.2 Å². The van der Waals surface area contributed by atoms with Gasteiger partial charge in [-0.1, -0.05) is 58.9 Å². The van der Waals surface area contributed by atoms with E-state index in [4.69, 9.17) is 4.74 Å². The Labute approximate surface area is 191 Å². The largest absolute Gasteiger partial charge is 0.484 e. The maximum absolute atomic E-state index is 13.3. The van der Waals surface area contributed by atoms with Gasteiger partial charge in [-0.2, -0.15) is 0 Å². The molecule has 2 aromatic carbocycles. The van der Waals surface area contributed by atoms with Gasteiger partial charge in [0.1, 0.15) is 17.6 Å². The van der Waals surface area contributed by atoms with Crippen molar-refractivity contribution < 1.29 is 18.7 Å². The normalized spacial score (nSPS) is 12.0. The van der Waals surface area contributed by atoms with Gasteiger partial charge in [-0.3, -0.25) is 9.59 Å². The Balaban J connectivity index is 2.16. The van der Waals surface area contributed by atoms with Crippen LogP contribution in [-0.4, -0.2) is 35.9 Å². The summed E-state index contributed by atoms with van der Waals surface area (Å²) in [4.78, 5) is 27.5. The zero-order valence-electron chi connectivity index (χ0n) is 19.7. The molecular formula is C26H35FN2O3. The standard InChI is InChI=1S/C26H35FN2O3/c1-6-24(26(31)28-15-18(2)3)29(16-20-7-11-22(27)12-8-20)25(30)17-32-23-13-9-21(10-14-23)19(4)5/h7-14,18-19,24H,6,15-17H2,1-5H3,(H,28,31)/t24-/m1/s1. The second-order valence-corrected chi connectivity index (χ2v) is 8.72. The van der Waals surface area contributed by atoms with Crippen LogP contribution in [0.15, 0.2) is 48.5 Å². The fourth-order valence-electron chi connectivity index (χ4n) is 3.31. The number of carbonyl (C=O) groups is 2. The van der Waals surface area contributed by atoms with Crippen LogP contribution in [0.4, 0.5) is 4.39 Å². The first-order chi connectivity index (χ1) is 15.2. The highest BCUT2D eigenvalue weighted by Crippen LogP contribution is 2.19. The van der Waals surface area contributed by atoms with E-state index in [0.29, 0.717) is 30.6 Å². The fraction of sp³-hybridized carbons (Fsp3) is 0.462. The predicted octanol–water partition coefficient (Wildman–Crippen LogP) is 4.91. The molecule has 0 heterocycles. The molecule has 2 amide bonds. The number of rotatable bonds is 11. The Kier molecular flexibility index (Phi) is 9.69. The molecule has 0 radical (unpaired) electrons. The average Bonchev–Trinajstić information content (AvgIpc) is 2.77. The summed E-state index contributed by atoms with van der Waals surface area (Å²) in [6.45, 7) is 10.7. The lowest BCUT2D eigenvalue weighted by atomic mass is 10.0. The Morgan fingerprint density at radius 2 is 1.62 bits per heavy atom. The lowest BCUT2D eigenvalue weighted by molar-refractivity contribution is -0.143. The third-order valence-corrected chi connectivity index (χ3v) is 5.25. The van der Waals surface area contributed by atoms with Crippen molar-refractivity contribution in [1.82, 2.24) is 10.2 Å². The van der Waals surface area contributed by atoms with Gasteiger partial charge in [0.15, 0.2) is 6.61 Å². The molecule has 5 nitrogen and oxygen atoms in total. The second kappa shape index (κ2) is 12.2. The number of benzene rings is 2. The first-order valence-corrected chi connectivity index (χ1v) is 11.3. The zero-order chi connectivity index (χ0) is 23.7. The van der Waals surface area contributed by atoms with Crippen LogP contribution in [0.1, 0.15) is 58.1 Å². The highest BCUT2D eigenvalue weighted by atomic mass is 19.1. The predicted molar refractivity (Wildman–Crippen MR) is 125 cm³/mol. The molecular weight excluding hydrogens is 407 g/mol. The molecule has 0 saturated carbocycles. The topological polar surface area (TPSA) is 58.6 Å². The van der Waals surface area contributed by atoms with Gasteiger partial charge in [-0.15, -0.1) is 0 Å². The summed E-state index contributed by atoms with van der Waals surface area (Å²) in [6, 6.07) is 13.0. The minimum Gasteiger partial charge on any atom is -0.484 e. The highest BCUT2D eigenvalue weighted by Gasteiger charge is 2.29. The van der Waals surface area contributed by atoms with E-state index in [1.807, 2.05) is 45.0 Å². The first-order valence-electron chi connectivity index (χ1n) is 11.3. The molecule has 0 saturated heterocycles. The van der Waals surface area contributed by atoms with E-state index in [1.165, 1.54) is 22.6 Å². The number of nitrogens with zero attached hydrogens (tertiary/aromatic N) is 1. The van der Waals surface area contributed by atoms with Crippen LogP contribution >= 0.6 is 0 Å². The van der Waals surface area contributed by atoms with Gasteiger partial charge in [0.05, 0.1) is 0 Å². The van der Waals surface area contributed by atoms with E-state index in [2.05, 4.69) is 19.2 Å². The SMILES string of the molecule is CC[C@H](C(=O)NCC(C)C)N(Cc1ccc(F)cc1)C(=O)COc1ccc(C(C)C)cc1. The zero-order valence-corrected chi connectivity index (χ0v) is 19.7. The Hall–Kier alpha value is -2.89. The average molecular weight is 443 g/mol. The molecule has 0 unspecified atom stereocenters. The van der Waals surface area contributed by atoms with Crippen molar-refractivity contribution in [1.29, 1.82) is 0 Å². The van der Waals surface area contributed by atoms with Crippen molar-refractivity contribution in [2.24, 2.45) is 5.92 Å². The van der Waals surface area contributed by atoms with Gasteiger partial charge in [-0.05, 0) is 53.6 Å². The van der Waals surface area contributed by atoms with E-state index in [1.54, 1.807) is 12.1 Å². The van der Waals surface area contributed by atoms with Crippen LogP contribution in [0.5, 0.6) is 5.75 Å². The summed E-state index contributed by atoms with van der Waals surface area (Å²) in [7, 11) is 0. The number of amides is 2. The van der Waals surface area contributed by atoms with E-state index >= 15 is 0 Å². The van der Waals surface area contributed by atoms with E-state index in [0.717, 1.165) is 5.56 Å². The van der Waals surface area contributed by atoms with E-state index < -0.39 is 6.04 Å². The third-order valence-electron chi connectivity index (χ3n) is 5.25. The summed E-state index contributed by atoms with van der Waals surface area (Å²) >= 11 is 0. The molecule has 1 N–H and O–H groups in total. The van der Waals surface area contributed by atoms with Crippen LogP contribution in [0.25, 0.3) is 0 Å². The molecule has 0 spiro atoms.